The van der Waals surface area contributed by atoms with Crippen LogP contribution in [0, 0.1) is 0 Å². The lowest BCUT2D eigenvalue weighted by molar-refractivity contribution is 0.281. The van der Waals surface area contributed by atoms with Gasteiger partial charge in [-0.2, -0.15) is 0 Å². The Morgan fingerprint density at radius 1 is 1.35 bits per heavy atom. The Kier molecular flexibility index (Phi) is 4.27. The van der Waals surface area contributed by atoms with E-state index >= 15 is 0 Å². The molecule has 0 amide bonds. The van der Waals surface area contributed by atoms with Crippen LogP contribution in [0.1, 0.15) is 5.56 Å². The Morgan fingerprint density at radius 2 is 2.10 bits per heavy atom. The summed E-state index contributed by atoms with van der Waals surface area (Å²) >= 11 is 5.83. The highest BCUT2D eigenvalue weighted by Crippen LogP contribution is 2.25. The van der Waals surface area contributed by atoms with Crippen molar-refractivity contribution in [3.63, 3.8) is 0 Å². The molecule has 0 bridgehead atoms. The third-order valence-corrected chi connectivity index (χ3v) is 3.99. The highest BCUT2D eigenvalue weighted by Gasteiger charge is 2.09. The SMILES string of the molecule is CS(=O)(=O)c1cccc(Oc2cc(CO)c(Cl)cn2)c1. The first kappa shape index (κ1) is 14.8. The highest BCUT2D eigenvalue weighted by atomic mass is 35.5. The minimum atomic E-state index is -3.30. The normalized spacial score (nSPS) is 11.3. The molecular weight excluding hydrogens is 302 g/mol. The van der Waals surface area contributed by atoms with Gasteiger partial charge in [0, 0.05) is 24.1 Å². The van der Waals surface area contributed by atoms with E-state index in [1.54, 1.807) is 12.1 Å². The van der Waals surface area contributed by atoms with E-state index in [4.69, 9.17) is 21.4 Å². The number of nitrogens with zero attached hydrogens (tertiary/aromatic N) is 1. The summed E-state index contributed by atoms with van der Waals surface area (Å²) in [5, 5.41) is 9.45. The van der Waals surface area contributed by atoms with E-state index in [0.717, 1.165) is 6.26 Å². The first-order valence-electron chi connectivity index (χ1n) is 5.63. The lowest BCUT2D eigenvalue weighted by Gasteiger charge is -2.08. The lowest BCUT2D eigenvalue weighted by atomic mass is 10.3. The first-order chi connectivity index (χ1) is 9.40. The number of benzene rings is 1. The summed E-state index contributed by atoms with van der Waals surface area (Å²) in [7, 11) is -3.30. The van der Waals surface area contributed by atoms with Crippen LogP contribution in [0.4, 0.5) is 0 Å². The molecule has 0 atom stereocenters. The number of hydrogen-bond acceptors (Lipinski definition) is 5. The Labute approximate surface area is 121 Å². The van der Waals surface area contributed by atoms with E-state index in [0.29, 0.717) is 16.3 Å². The zero-order chi connectivity index (χ0) is 14.8. The van der Waals surface area contributed by atoms with Crippen LogP contribution in [0.15, 0.2) is 41.4 Å². The van der Waals surface area contributed by atoms with Gasteiger partial charge in [0.25, 0.3) is 0 Å². The number of aliphatic hydroxyl groups excluding tert-OH is 1. The van der Waals surface area contributed by atoms with Gasteiger partial charge in [-0.05, 0) is 18.2 Å². The number of hydrogen-bond donors (Lipinski definition) is 1. The quantitative estimate of drug-likeness (QED) is 0.938. The lowest BCUT2D eigenvalue weighted by Crippen LogP contribution is -1.97. The van der Waals surface area contributed by atoms with Gasteiger partial charge in [-0.1, -0.05) is 17.7 Å². The molecule has 0 saturated heterocycles. The predicted octanol–water partition coefficient (Wildman–Crippen LogP) is 2.42. The van der Waals surface area contributed by atoms with Gasteiger partial charge in [-0.3, -0.25) is 0 Å². The summed E-state index contributed by atoms with van der Waals surface area (Å²) in [6.45, 7) is -0.235. The van der Waals surface area contributed by atoms with Crippen molar-refractivity contribution in [3.8, 4) is 11.6 Å². The molecule has 0 aliphatic rings. The smallest absolute Gasteiger partial charge is 0.219 e. The van der Waals surface area contributed by atoms with Crippen molar-refractivity contribution in [1.29, 1.82) is 0 Å². The second kappa shape index (κ2) is 5.78. The van der Waals surface area contributed by atoms with Crippen molar-refractivity contribution in [1.82, 2.24) is 4.98 Å². The molecule has 20 heavy (non-hydrogen) atoms. The number of pyridine rings is 1. The monoisotopic (exact) mass is 313 g/mol. The molecule has 0 radical (unpaired) electrons. The molecule has 2 aromatic rings. The Balaban J connectivity index is 2.31. The highest BCUT2D eigenvalue weighted by molar-refractivity contribution is 7.90. The average Bonchev–Trinajstić information content (AvgIpc) is 2.40. The van der Waals surface area contributed by atoms with Crippen LogP contribution in [-0.2, 0) is 16.4 Å². The molecule has 0 aliphatic carbocycles. The number of aromatic nitrogens is 1. The molecule has 7 heteroatoms. The second-order valence-corrected chi connectivity index (χ2v) is 6.54. The standard InChI is InChI=1S/C13H12ClNO4S/c1-20(17,18)11-4-2-3-10(6-11)19-13-5-9(8-16)12(14)7-15-13/h2-7,16H,8H2,1H3. The summed E-state index contributed by atoms with van der Waals surface area (Å²) < 4.78 is 28.4. The number of halogens is 1. The fourth-order valence-corrected chi connectivity index (χ4v) is 2.34. The van der Waals surface area contributed by atoms with Crippen molar-refractivity contribution < 1.29 is 18.3 Å². The van der Waals surface area contributed by atoms with E-state index in [1.165, 1.54) is 24.4 Å². The van der Waals surface area contributed by atoms with Gasteiger partial charge in [-0.25, -0.2) is 13.4 Å². The van der Waals surface area contributed by atoms with Gasteiger partial charge in [0.1, 0.15) is 5.75 Å². The molecule has 0 spiro atoms. The maximum Gasteiger partial charge on any atom is 0.219 e. The van der Waals surface area contributed by atoms with E-state index < -0.39 is 9.84 Å². The molecule has 0 saturated carbocycles. The summed E-state index contributed by atoms with van der Waals surface area (Å²) in [6.07, 6.45) is 2.49. The van der Waals surface area contributed by atoms with Crippen LogP contribution in [0.5, 0.6) is 11.6 Å². The van der Waals surface area contributed by atoms with E-state index in [1.807, 2.05) is 0 Å². The molecule has 1 heterocycles. The molecule has 0 fully saturated rings. The number of aliphatic hydroxyl groups is 1. The fraction of sp³-hybridized carbons (Fsp3) is 0.154. The van der Waals surface area contributed by atoms with Crippen LogP contribution in [0.2, 0.25) is 5.02 Å². The first-order valence-corrected chi connectivity index (χ1v) is 7.90. The predicted molar refractivity (Wildman–Crippen MR) is 74.8 cm³/mol. The second-order valence-electron chi connectivity index (χ2n) is 4.12. The molecule has 5 nitrogen and oxygen atoms in total. The van der Waals surface area contributed by atoms with Crippen LogP contribution < -0.4 is 4.74 Å². The molecule has 0 unspecified atom stereocenters. The summed E-state index contributed by atoms with van der Waals surface area (Å²) in [5.74, 6) is 0.565. The van der Waals surface area contributed by atoms with Crippen molar-refractivity contribution in [2.24, 2.45) is 0 Å². The average molecular weight is 314 g/mol. The van der Waals surface area contributed by atoms with Gasteiger partial charge in [0.15, 0.2) is 9.84 Å². The zero-order valence-corrected chi connectivity index (χ0v) is 12.1. The minimum absolute atomic E-state index is 0.159. The third kappa shape index (κ3) is 3.47. The van der Waals surface area contributed by atoms with Crippen LogP contribution in [0.25, 0.3) is 0 Å². The van der Waals surface area contributed by atoms with Crippen LogP contribution in [-0.4, -0.2) is 24.8 Å². The van der Waals surface area contributed by atoms with Gasteiger partial charge < -0.3 is 9.84 Å². The molecular formula is C13H12ClNO4S. The minimum Gasteiger partial charge on any atom is -0.439 e. The Bertz CT molecular complexity index is 731. The molecule has 0 aliphatic heterocycles. The van der Waals surface area contributed by atoms with Gasteiger partial charge >= 0.3 is 0 Å². The topological polar surface area (TPSA) is 76.5 Å². The summed E-state index contributed by atoms with van der Waals surface area (Å²) in [6, 6.07) is 7.58. The molecule has 106 valence electrons. The number of ether oxygens (including phenoxy) is 1. The van der Waals surface area contributed by atoms with Crippen LogP contribution >= 0.6 is 11.6 Å². The number of sulfone groups is 1. The molecule has 1 aromatic carbocycles. The van der Waals surface area contributed by atoms with Gasteiger partial charge in [0.05, 0.1) is 16.5 Å². The molecule has 2 rings (SSSR count). The van der Waals surface area contributed by atoms with E-state index in [2.05, 4.69) is 4.98 Å². The third-order valence-electron chi connectivity index (χ3n) is 2.54. The molecule has 1 aromatic heterocycles. The van der Waals surface area contributed by atoms with Gasteiger partial charge in [0.2, 0.25) is 5.88 Å². The fourth-order valence-electron chi connectivity index (χ4n) is 1.52. The van der Waals surface area contributed by atoms with Crippen LogP contribution in [0.3, 0.4) is 0 Å². The van der Waals surface area contributed by atoms with E-state index in [-0.39, 0.29) is 17.4 Å². The van der Waals surface area contributed by atoms with Crippen molar-refractivity contribution in [3.05, 3.63) is 47.1 Å². The van der Waals surface area contributed by atoms with Crippen molar-refractivity contribution in [2.45, 2.75) is 11.5 Å². The summed E-state index contributed by atoms with van der Waals surface area (Å²) in [5.41, 5.74) is 0.482. The summed E-state index contributed by atoms with van der Waals surface area (Å²) in [4.78, 5) is 4.12. The van der Waals surface area contributed by atoms with Gasteiger partial charge in [-0.15, -0.1) is 0 Å². The largest absolute Gasteiger partial charge is 0.439 e. The Hall–Kier alpha value is -1.63. The van der Waals surface area contributed by atoms with Crippen molar-refractivity contribution >= 4 is 21.4 Å². The zero-order valence-electron chi connectivity index (χ0n) is 10.6. The number of rotatable bonds is 4. The maximum atomic E-state index is 11.5. The molecule has 1 N–H and O–H groups in total. The van der Waals surface area contributed by atoms with Crippen molar-refractivity contribution in [2.75, 3.05) is 6.26 Å². The maximum absolute atomic E-state index is 11.5. The Morgan fingerprint density at radius 3 is 2.75 bits per heavy atom. The van der Waals surface area contributed by atoms with E-state index in [9.17, 15) is 8.42 Å².